The van der Waals surface area contributed by atoms with Crippen LogP contribution in [0.25, 0.3) is 0 Å². The topological polar surface area (TPSA) is 86.0 Å². The number of ether oxygens (including phenoxy) is 2. The van der Waals surface area contributed by atoms with Gasteiger partial charge in [-0.1, -0.05) is 50.0 Å². The van der Waals surface area contributed by atoms with Crippen LogP contribution < -0.4 is 10.2 Å². The molecular weight excluding hydrogens is 400 g/mol. The minimum Gasteiger partial charge on any atom is -0.483 e. The fraction of sp³-hybridized carbons (Fsp3) is 0.429. The SMILES string of the molecule is CN(C)/C=N/C(=O)c1nn(COCC[Si](C)(C)C)cc(OCc2ccccc2)c1=O. The van der Waals surface area contributed by atoms with Gasteiger partial charge < -0.3 is 14.4 Å². The van der Waals surface area contributed by atoms with E-state index >= 15 is 0 Å². The molecule has 0 atom stereocenters. The van der Waals surface area contributed by atoms with E-state index in [-0.39, 0.29) is 24.8 Å². The van der Waals surface area contributed by atoms with Crippen molar-refractivity contribution >= 4 is 20.3 Å². The number of amides is 1. The lowest BCUT2D eigenvalue weighted by atomic mass is 10.2. The molecule has 9 heteroatoms. The summed E-state index contributed by atoms with van der Waals surface area (Å²) < 4.78 is 12.8. The van der Waals surface area contributed by atoms with Crippen molar-refractivity contribution in [1.29, 1.82) is 0 Å². The molecule has 1 amide bonds. The van der Waals surface area contributed by atoms with Crippen LogP contribution >= 0.6 is 0 Å². The minimum atomic E-state index is -1.22. The van der Waals surface area contributed by atoms with Crippen LogP contribution in [0.1, 0.15) is 16.1 Å². The second kappa shape index (κ2) is 10.8. The van der Waals surface area contributed by atoms with Gasteiger partial charge in [0, 0.05) is 28.8 Å². The summed E-state index contributed by atoms with van der Waals surface area (Å²) in [5, 5.41) is 4.13. The molecule has 0 aliphatic carbocycles. The Balaban J connectivity index is 2.23. The van der Waals surface area contributed by atoms with Gasteiger partial charge in [0.05, 0.1) is 12.5 Å². The fourth-order valence-corrected chi connectivity index (χ4v) is 3.08. The standard InChI is InChI=1S/C21H30N4O4Si/c1-24(2)15-22-21(27)19-20(26)18(29-14-17-9-7-6-8-10-17)13-25(23-19)16-28-11-12-30(3,4)5/h6-10,13,15H,11-12,14,16H2,1-5H3/b22-15+. The number of hydrogen-bond acceptors (Lipinski definition) is 5. The Morgan fingerprint density at radius 3 is 2.57 bits per heavy atom. The minimum absolute atomic E-state index is 0.0334. The number of carbonyl (C=O) groups is 1. The Hall–Kier alpha value is -2.78. The summed E-state index contributed by atoms with van der Waals surface area (Å²) in [6.07, 6.45) is 2.79. The van der Waals surface area contributed by atoms with Gasteiger partial charge in [-0.15, -0.1) is 0 Å². The summed E-state index contributed by atoms with van der Waals surface area (Å²) in [7, 11) is 2.24. The molecule has 0 aliphatic heterocycles. The van der Waals surface area contributed by atoms with Gasteiger partial charge in [-0.05, 0) is 11.6 Å². The monoisotopic (exact) mass is 430 g/mol. The lowest BCUT2D eigenvalue weighted by Crippen LogP contribution is -2.25. The summed E-state index contributed by atoms with van der Waals surface area (Å²) in [4.78, 5) is 30.5. The molecule has 0 spiro atoms. The molecule has 0 saturated heterocycles. The Bertz CT molecular complexity index is 921. The highest BCUT2D eigenvalue weighted by molar-refractivity contribution is 6.76. The second-order valence-corrected chi connectivity index (χ2v) is 14.0. The number of nitrogens with zero attached hydrogens (tertiary/aromatic N) is 4. The first kappa shape index (κ1) is 23.5. The highest BCUT2D eigenvalue weighted by Crippen LogP contribution is 2.10. The van der Waals surface area contributed by atoms with E-state index < -0.39 is 19.4 Å². The first-order valence-corrected chi connectivity index (χ1v) is 13.5. The highest BCUT2D eigenvalue weighted by atomic mass is 28.3. The zero-order chi connectivity index (χ0) is 22.1. The highest BCUT2D eigenvalue weighted by Gasteiger charge is 2.18. The molecular formula is C21H30N4O4Si. The number of benzene rings is 1. The molecule has 1 aromatic heterocycles. The number of carbonyl (C=O) groups excluding carboxylic acids is 1. The van der Waals surface area contributed by atoms with E-state index in [2.05, 4.69) is 29.7 Å². The third kappa shape index (κ3) is 7.92. The van der Waals surface area contributed by atoms with E-state index in [9.17, 15) is 9.59 Å². The number of hydrogen-bond donors (Lipinski definition) is 0. The summed E-state index contributed by atoms with van der Waals surface area (Å²) in [6, 6.07) is 10.5. The van der Waals surface area contributed by atoms with Crippen molar-refractivity contribution in [3.05, 3.63) is 58.0 Å². The molecule has 0 saturated carbocycles. The van der Waals surface area contributed by atoms with Crippen LogP contribution in [-0.2, 0) is 18.1 Å². The molecule has 162 valence electrons. The van der Waals surface area contributed by atoms with Crippen molar-refractivity contribution in [1.82, 2.24) is 14.7 Å². The van der Waals surface area contributed by atoms with Crippen molar-refractivity contribution in [2.45, 2.75) is 39.0 Å². The second-order valence-electron chi connectivity index (χ2n) is 8.35. The lowest BCUT2D eigenvalue weighted by Gasteiger charge is -2.16. The molecule has 0 fully saturated rings. The van der Waals surface area contributed by atoms with E-state index in [0.717, 1.165) is 11.6 Å². The Morgan fingerprint density at radius 2 is 1.93 bits per heavy atom. The predicted octanol–water partition coefficient (Wildman–Crippen LogP) is 2.86. The average Bonchev–Trinajstić information content (AvgIpc) is 2.69. The van der Waals surface area contributed by atoms with Gasteiger partial charge in [-0.25, -0.2) is 4.68 Å². The zero-order valence-corrected chi connectivity index (χ0v) is 19.3. The molecule has 2 rings (SSSR count). The van der Waals surface area contributed by atoms with E-state index in [1.54, 1.807) is 19.0 Å². The van der Waals surface area contributed by atoms with Crippen LogP contribution in [0.15, 0.2) is 46.3 Å². The third-order valence-electron chi connectivity index (χ3n) is 4.00. The largest absolute Gasteiger partial charge is 0.483 e. The van der Waals surface area contributed by atoms with E-state index in [4.69, 9.17) is 9.47 Å². The summed E-state index contributed by atoms with van der Waals surface area (Å²) >= 11 is 0. The molecule has 1 aromatic carbocycles. The number of aliphatic imine (C=N–C) groups is 1. The molecule has 1 heterocycles. The van der Waals surface area contributed by atoms with Gasteiger partial charge in [0.15, 0.2) is 5.75 Å². The molecule has 0 aliphatic rings. The molecule has 0 bridgehead atoms. The zero-order valence-electron chi connectivity index (χ0n) is 18.3. The maximum Gasteiger partial charge on any atom is 0.303 e. The first-order chi connectivity index (χ1) is 14.2. The number of aromatic nitrogens is 2. The van der Waals surface area contributed by atoms with Crippen molar-refractivity contribution < 1.29 is 14.3 Å². The summed E-state index contributed by atoms with van der Waals surface area (Å²) in [6.45, 7) is 7.70. The van der Waals surface area contributed by atoms with Crippen molar-refractivity contribution in [2.24, 2.45) is 4.99 Å². The van der Waals surface area contributed by atoms with E-state index in [1.807, 2.05) is 30.3 Å². The summed E-state index contributed by atoms with van der Waals surface area (Å²) in [5.41, 5.74) is 0.0165. The van der Waals surface area contributed by atoms with Crippen LogP contribution in [0.2, 0.25) is 25.7 Å². The quantitative estimate of drug-likeness (QED) is 0.249. The van der Waals surface area contributed by atoms with Gasteiger partial charge in [0.25, 0.3) is 5.43 Å². The molecule has 0 unspecified atom stereocenters. The number of rotatable bonds is 10. The van der Waals surface area contributed by atoms with E-state index in [1.165, 1.54) is 17.2 Å². The first-order valence-electron chi connectivity index (χ1n) is 9.77. The average molecular weight is 431 g/mol. The van der Waals surface area contributed by atoms with E-state index in [0.29, 0.717) is 6.61 Å². The fourth-order valence-electron chi connectivity index (χ4n) is 2.32. The molecule has 0 N–H and O–H groups in total. The van der Waals surface area contributed by atoms with Crippen molar-refractivity contribution in [2.75, 3.05) is 20.7 Å². The molecule has 0 radical (unpaired) electrons. The summed E-state index contributed by atoms with van der Waals surface area (Å²) in [5.74, 6) is -0.694. The third-order valence-corrected chi connectivity index (χ3v) is 5.70. The van der Waals surface area contributed by atoms with Crippen LogP contribution in [-0.4, -0.2) is 55.7 Å². The van der Waals surface area contributed by atoms with Crippen LogP contribution in [0.5, 0.6) is 5.75 Å². The smallest absolute Gasteiger partial charge is 0.303 e. The van der Waals surface area contributed by atoms with Gasteiger partial charge in [0.2, 0.25) is 5.69 Å². The van der Waals surface area contributed by atoms with Gasteiger partial charge in [0.1, 0.15) is 13.3 Å². The molecule has 8 nitrogen and oxygen atoms in total. The molecule has 30 heavy (non-hydrogen) atoms. The van der Waals surface area contributed by atoms with Crippen LogP contribution in [0, 0.1) is 0 Å². The Morgan fingerprint density at radius 1 is 1.23 bits per heavy atom. The van der Waals surface area contributed by atoms with Crippen LogP contribution in [0.4, 0.5) is 0 Å². The normalized spacial score (nSPS) is 11.6. The van der Waals surface area contributed by atoms with Gasteiger partial charge >= 0.3 is 5.91 Å². The van der Waals surface area contributed by atoms with Crippen LogP contribution in [0.3, 0.4) is 0 Å². The van der Waals surface area contributed by atoms with Gasteiger partial charge in [-0.3, -0.25) is 9.59 Å². The maximum atomic E-state index is 12.7. The maximum absolute atomic E-state index is 12.7. The predicted molar refractivity (Wildman–Crippen MR) is 120 cm³/mol. The lowest BCUT2D eigenvalue weighted by molar-refractivity contribution is 0.0751. The van der Waals surface area contributed by atoms with Gasteiger partial charge in [-0.2, -0.15) is 10.1 Å². The van der Waals surface area contributed by atoms with Crippen molar-refractivity contribution in [3.8, 4) is 5.75 Å². The van der Waals surface area contributed by atoms with Crippen molar-refractivity contribution in [3.63, 3.8) is 0 Å². The Labute approximate surface area is 178 Å². The Kier molecular flexibility index (Phi) is 8.49. The molecule has 2 aromatic rings.